The number of nitrogens with one attached hydrogen (secondary N) is 2. The van der Waals surface area contributed by atoms with Crippen molar-refractivity contribution >= 4 is 70.3 Å². The van der Waals surface area contributed by atoms with Gasteiger partial charge in [-0.15, -0.1) is 0 Å². The number of nitrogens with zero attached hydrogens (tertiary/aromatic N) is 4. The number of carbonyl (C=O) groups is 3. The van der Waals surface area contributed by atoms with Crippen molar-refractivity contribution in [2.45, 2.75) is 76.6 Å². The summed E-state index contributed by atoms with van der Waals surface area (Å²) in [6.07, 6.45) is -2.57. The van der Waals surface area contributed by atoms with E-state index >= 15 is 0 Å². The molecular weight excluding hydrogens is 819 g/mol. The standard InChI is InChI=1S/C27H46N7O17P3S/c1-27(2,22(38)25(39)30-8-7-18(36)29-9-12-55-11-6-4-3-5-10-35)14-48-54(45,46)51-53(43,44)47-13-17-21(50-52(40,41)42)20(37)26(49-17)34-16-33-19-23(28)31-15-32-24(19)34/h10,15-17,20-22,26,37-38H,3-9,11-14H2,1-2H3,(H,29,36)(H,30,39)(H,43,44)(H,45,46)(H2,28,31,32)(H2,40,41,42)/t17-,20-,21-,22+,26-/m1/s1. The highest BCUT2D eigenvalue weighted by atomic mass is 32.2. The monoisotopic (exact) mass is 865 g/mol. The van der Waals surface area contributed by atoms with E-state index in [1.807, 2.05) is 0 Å². The van der Waals surface area contributed by atoms with Crippen molar-refractivity contribution in [3.8, 4) is 0 Å². The number of aliphatic hydroxyl groups is 2. The molecule has 2 unspecified atom stereocenters. The Labute approximate surface area is 318 Å². The lowest BCUT2D eigenvalue weighted by molar-refractivity contribution is -0.137. The van der Waals surface area contributed by atoms with Gasteiger partial charge in [0, 0.05) is 37.1 Å². The minimum absolute atomic E-state index is 0.0350. The summed E-state index contributed by atoms with van der Waals surface area (Å²) in [5.41, 5.74) is 4.29. The number of hydrogen-bond donors (Lipinski definition) is 9. The average Bonchev–Trinajstić information content (AvgIpc) is 3.65. The fourth-order valence-electron chi connectivity index (χ4n) is 4.91. The summed E-state index contributed by atoms with van der Waals surface area (Å²) in [7, 11) is -16.4. The van der Waals surface area contributed by atoms with E-state index in [1.165, 1.54) is 13.8 Å². The highest BCUT2D eigenvalue weighted by molar-refractivity contribution is 7.99. The molecule has 7 atom stereocenters. The van der Waals surface area contributed by atoms with Crippen LogP contribution in [0, 0.1) is 5.41 Å². The van der Waals surface area contributed by atoms with Gasteiger partial charge in [0.15, 0.2) is 17.7 Å². The fourth-order valence-corrected chi connectivity index (χ4v) is 8.60. The van der Waals surface area contributed by atoms with Crippen molar-refractivity contribution < 1.29 is 80.5 Å². The SMILES string of the molecule is CC(C)(COP(=O)(O)OP(=O)(O)OC[C@H]1O[C@@H](n2cnc3c(N)ncnc32)[C@H](O)[C@@H]1OP(=O)(O)O)[C@@H](O)C(=O)NCCC(=O)NCCSCCCCCC=O. The summed E-state index contributed by atoms with van der Waals surface area (Å²) in [5, 5.41) is 26.5. The number of phosphoric acid groups is 3. The first-order chi connectivity index (χ1) is 25.7. The molecule has 312 valence electrons. The van der Waals surface area contributed by atoms with E-state index in [4.69, 9.17) is 19.5 Å². The minimum atomic E-state index is -5.56. The van der Waals surface area contributed by atoms with Crippen LogP contribution in [0.15, 0.2) is 12.7 Å². The first-order valence-electron chi connectivity index (χ1n) is 16.6. The Morgan fingerprint density at radius 3 is 2.45 bits per heavy atom. The van der Waals surface area contributed by atoms with Crippen LogP contribution >= 0.6 is 35.2 Å². The fraction of sp³-hybridized carbons (Fsp3) is 0.704. The predicted octanol–water partition coefficient (Wildman–Crippen LogP) is -0.103. The summed E-state index contributed by atoms with van der Waals surface area (Å²) < 4.78 is 62.1. The first kappa shape index (κ1) is 46.9. The third-order valence-corrected chi connectivity index (χ3v) is 11.9. The number of unbranched alkanes of at least 4 members (excludes halogenated alkanes) is 3. The molecule has 10 N–H and O–H groups in total. The van der Waals surface area contributed by atoms with Crippen LogP contribution in [0.4, 0.5) is 5.82 Å². The van der Waals surface area contributed by atoms with Gasteiger partial charge < -0.3 is 55.7 Å². The number of aliphatic hydroxyl groups excluding tert-OH is 2. The Hall–Kier alpha value is -2.44. The highest BCUT2D eigenvalue weighted by Gasteiger charge is 2.50. The second-order valence-corrected chi connectivity index (χ2v) is 18.2. The number of nitrogens with two attached hydrogens (primary N) is 1. The van der Waals surface area contributed by atoms with Gasteiger partial charge in [0.1, 0.15) is 42.5 Å². The van der Waals surface area contributed by atoms with E-state index in [0.29, 0.717) is 18.7 Å². The van der Waals surface area contributed by atoms with E-state index in [1.54, 1.807) is 11.8 Å². The van der Waals surface area contributed by atoms with Gasteiger partial charge in [-0.25, -0.2) is 28.6 Å². The number of fused-ring (bicyclic) bond motifs is 1. The van der Waals surface area contributed by atoms with Gasteiger partial charge >= 0.3 is 23.5 Å². The van der Waals surface area contributed by atoms with Gasteiger partial charge in [-0.2, -0.15) is 16.1 Å². The smallest absolute Gasteiger partial charge is 0.386 e. The second kappa shape index (κ2) is 20.8. The number of phosphoric ester groups is 3. The van der Waals surface area contributed by atoms with Crippen LogP contribution in [-0.4, -0.2) is 130 Å². The minimum Gasteiger partial charge on any atom is -0.386 e. The summed E-state index contributed by atoms with van der Waals surface area (Å²) in [6.45, 7) is 0.816. The molecule has 0 aliphatic carbocycles. The molecule has 0 bridgehead atoms. The lowest BCUT2D eigenvalue weighted by Gasteiger charge is -2.30. The van der Waals surface area contributed by atoms with Crippen molar-refractivity contribution in [3.63, 3.8) is 0 Å². The van der Waals surface area contributed by atoms with Crippen LogP contribution in [0.25, 0.3) is 11.2 Å². The Bertz CT molecular complexity index is 1750. The van der Waals surface area contributed by atoms with Gasteiger partial charge in [-0.1, -0.05) is 20.3 Å². The van der Waals surface area contributed by atoms with Gasteiger partial charge in [0.05, 0.1) is 19.5 Å². The molecule has 1 fully saturated rings. The molecule has 24 nitrogen and oxygen atoms in total. The number of imidazole rings is 1. The lowest BCUT2D eigenvalue weighted by Crippen LogP contribution is -2.46. The number of thioether (sulfide) groups is 1. The van der Waals surface area contributed by atoms with E-state index in [2.05, 4.69) is 34.4 Å². The molecule has 2 amide bonds. The summed E-state index contributed by atoms with van der Waals surface area (Å²) >= 11 is 1.66. The zero-order valence-electron chi connectivity index (χ0n) is 29.7. The molecule has 1 aliphatic heterocycles. The number of ether oxygens (including phenoxy) is 1. The number of nitrogen functional groups attached to an aromatic ring is 1. The number of aldehydes is 1. The molecule has 2 aromatic heterocycles. The van der Waals surface area contributed by atoms with Crippen LogP contribution in [0.5, 0.6) is 0 Å². The number of amides is 2. The van der Waals surface area contributed by atoms with Crippen LogP contribution in [0.1, 0.15) is 52.2 Å². The molecule has 2 aromatic rings. The molecule has 0 radical (unpaired) electrons. The topological polar surface area (TPSA) is 364 Å². The van der Waals surface area contributed by atoms with E-state index in [0.717, 1.165) is 48.5 Å². The van der Waals surface area contributed by atoms with Gasteiger partial charge in [-0.05, 0) is 18.6 Å². The quantitative estimate of drug-likeness (QED) is 0.0357. The number of carbonyl (C=O) groups excluding carboxylic acids is 3. The van der Waals surface area contributed by atoms with E-state index in [9.17, 15) is 57.9 Å². The molecule has 1 saturated heterocycles. The second-order valence-electron chi connectivity index (χ2n) is 12.7. The van der Waals surface area contributed by atoms with Crippen molar-refractivity contribution in [1.82, 2.24) is 30.2 Å². The Kier molecular flexibility index (Phi) is 17.8. The van der Waals surface area contributed by atoms with Crippen molar-refractivity contribution in [3.05, 3.63) is 12.7 Å². The third kappa shape index (κ3) is 15.1. The Morgan fingerprint density at radius 2 is 1.76 bits per heavy atom. The maximum Gasteiger partial charge on any atom is 0.481 e. The van der Waals surface area contributed by atoms with E-state index in [-0.39, 0.29) is 35.9 Å². The van der Waals surface area contributed by atoms with Crippen LogP contribution < -0.4 is 16.4 Å². The Balaban J connectivity index is 1.47. The molecule has 0 aromatic carbocycles. The number of hydrogen-bond acceptors (Lipinski definition) is 18. The summed E-state index contributed by atoms with van der Waals surface area (Å²) in [6, 6.07) is 0. The predicted molar refractivity (Wildman–Crippen MR) is 191 cm³/mol. The number of anilines is 1. The van der Waals surface area contributed by atoms with Crippen molar-refractivity contribution in [2.75, 3.05) is 43.5 Å². The lowest BCUT2D eigenvalue weighted by atomic mass is 9.87. The molecule has 1 aliphatic rings. The Morgan fingerprint density at radius 1 is 1.05 bits per heavy atom. The van der Waals surface area contributed by atoms with Crippen molar-refractivity contribution in [1.29, 1.82) is 0 Å². The highest BCUT2D eigenvalue weighted by Crippen LogP contribution is 2.61. The number of rotatable bonds is 25. The molecule has 3 rings (SSSR count). The zero-order chi connectivity index (χ0) is 41.0. The third-order valence-electron chi connectivity index (χ3n) is 7.76. The van der Waals surface area contributed by atoms with Gasteiger partial charge in [0.2, 0.25) is 11.8 Å². The van der Waals surface area contributed by atoms with Crippen LogP contribution in [0.2, 0.25) is 0 Å². The molecule has 28 heteroatoms. The van der Waals surface area contributed by atoms with E-state index < -0.39 is 78.6 Å². The first-order valence-corrected chi connectivity index (χ1v) is 22.2. The molecule has 55 heavy (non-hydrogen) atoms. The van der Waals surface area contributed by atoms with Gasteiger partial charge in [0.25, 0.3) is 0 Å². The maximum absolute atomic E-state index is 12.7. The maximum atomic E-state index is 12.7. The zero-order valence-corrected chi connectivity index (χ0v) is 33.2. The summed E-state index contributed by atoms with van der Waals surface area (Å²) in [5.74, 6) is 0.255. The molecule has 3 heterocycles. The normalized spacial score (nSPS) is 21.8. The number of aromatic nitrogens is 4. The molecule has 0 saturated carbocycles. The molecular formula is C27H46N7O17P3S. The average molecular weight is 866 g/mol. The van der Waals surface area contributed by atoms with Crippen molar-refractivity contribution in [2.24, 2.45) is 5.41 Å². The molecule has 0 spiro atoms. The van der Waals surface area contributed by atoms with Crippen LogP contribution in [-0.2, 0) is 50.7 Å². The summed E-state index contributed by atoms with van der Waals surface area (Å²) in [4.78, 5) is 85.8. The van der Waals surface area contributed by atoms with Gasteiger partial charge in [-0.3, -0.25) is 27.7 Å². The largest absolute Gasteiger partial charge is 0.481 e. The van der Waals surface area contributed by atoms with Crippen LogP contribution in [0.3, 0.4) is 0 Å².